The van der Waals surface area contributed by atoms with E-state index in [0.29, 0.717) is 0 Å². The third kappa shape index (κ3) is 3.71. The molecule has 2 fully saturated rings. The molecule has 2 unspecified atom stereocenters. The van der Waals surface area contributed by atoms with Gasteiger partial charge in [0.1, 0.15) is 0 Å². The van der Waals surface area contributed by atoms with Gasteiger partial charge in [0.2, 0.25) is 5.95 Å². The van der Waals surface area contributed by atoms with E-state index in [9.17, 15) is 0 Å². The Morgan fingerprint density at radius 2 is 1.90 bits per heavy atom. The molecule has 1 aromatic heterocycles. The van der Waals surface area contributed by atoms with Crippen molar-refractivity contribution in [3.05, 3.63) is 18.5 Å². The average molecular weight is 289 g/mol. The van der Waals surface area contributed by atoms with Crippen molar-refractivity contribution < 1.29 is 0 Å². The Hall–Kier alpha value is -1.20. The topological polar surface area (TPSA) is 44.3 Å². The fourth-order valence-corrected chi connectivity index (χ4v) is 3.74. The number of hydrogen-bond donors (Lipinski definition) is 1. The van der Waals surface area contributed by atoms with Gasteiger partial charge in [0.05, 0.1) is 0 Å². The third-order valence-electron chi connectivity index (χ3n) is 5.05. The molecule has 0 aromatic carbocycles. The molecule has 0 bridgehead atoms. The summed E-state index contributed by atoms with van der Waals surface area (Å²) in [6.07, 6.45) is 9.16. The SMILES string of the molecule is CNC1CCCC1CCN1CCN(c2ncccn2)CC1. The first-order chi connectivity index (χ1) is 10.4. The summed E-state index contributed by atoms with van der Waals surface area (Å²) in [6, 6.07) is 2.63. The molecule has 1 aromatic rings. The molecule has 2 heterocycles. The maximum atomic E-state index is 4.35. The lowest BCUT2D eigenvalue weighted by molar-refractivity contribution is 0.230. The van der Waals surface area contributed by atoms with Gasteiger partial charge in [0, 0.05) is 44.6 Å². The highest BCUT2D eigenvalue weighted by molar-refractivity contribution is 5.29. The molecule has 5 heteroatoms. The van der Waals surface area contributed by atoms with Crippen LogP contribution >= 0.6 is 0 Å². The highest BCUT2D eigenvalue weighted by Crippen LogP contribution is 2.28. The zero-order valence-electron chi connectivity index (χ0n) is 13.0. The van der Waals surface area contributed by atoms with Crippen LogP contribution < -0.4 is 10.2 Å². The molecule has 116 valence electrons. The first kappa shape index (κ1) is 14.7. The van der Waals surface area contributed by atoms with E-state index >= 15 is 0 Å². The summed E-state index contributed by atoms with van der Waals surface area (Å²) in [4.78, 5) is 13.6. The molecule has 2 aliphatic rings. The Morgan fingerprint density at radius 3 is 2.62 bits per heavy atom. The summed E-state index contributed by atoms with van der Waals surface area (Å²) in [7, 11) is 2.11. The summed E-state index contributed by atoms with van der Waals surface area (Å²) in [5.41, 5.74) is 0. The molecule has 1 aliphatic carbocycles. The van der Waals surface area contributed by atoms with E-state index < -0.39 is 0 Å². The third-order valence-corrected chi connectivity index (χ3v) is 5.05. The van der Waals surface area contributed by atoms with Crippen LogP contribution in [-0.4, -0.2) is 60.7 Å². The van der Waals surface area contributed by atoms with Crippen molar-refractivity contribution in [2.24, 2.45) is 5.92 Å². The van der Waals surface area contributed by atoms with Gasteiger partial charge < -0.3 is 10.2 Å². The van der Waals surface area contributed by atoms with Gasteiger partial charge in [-0.2, -0.15) is 0 Å². The van der Waals surface area contributed by atoms with Crippen molar-refractivity contribution in [1.29, 1.82) is 0 Å². The second-order valence-corrected chi connectivity index (χ2v) is 6.25. The van der Waals surface area contributed by atoms with Gasteiger partial charge in [-0.05, 0) is 44.8 Å². The lowest BCUT2D eigenvalue weighted by Crippen LogP contribution is -2.47. The van der Waals surface area contributed by atoms with Crippen molar-refractivity contribution >= 4 is 5.95 Å². The summed E-state index contributed by atoms with van der Waals surface area (Å²) in [6.45, 7) is 5.60. The second-order valence-electron chi connectivity index (χ2n) is 6.25. The highest BCUT2D eigenvalue weighted by Gasteiger charge is 2.26. The number of aromatic nitrogens is 2. The smallest absolute Gasteiger partial charge is 0.225 e. The summed E-state index contributed by atoms with van der Waals surface area (Å²) in [5.74, 6) is 1.76. The minimum absolute atomic E-state index is 0.754. The van der Waals surface area contributed by atoms with Crippen LogP contribution in [0.4, 0.5) is 5.95 Å². The van der Waals surface area contributed by atoms with E-state index in [-0.39, 0.29) is 0 Å². The molecule has 2 atom stereocenters. The van der Waals surface area contributed by atoms with Crippen molar-refractivity contribution in [3.8, 4) is 0 Å². The van der Waals surface area contributed by atoms with E-state index in [1.807, 2.05) is 18.5 Å². The molecule has 0 radical (unpaired) electrons. The maximum absolute atomic E-state index is 4.35. The largest absolute Gasteiger partial charge is 0.338 e. The van der Waals surface area contributed by atoms with E-state index in [2.05, 4.69) is 32.1 Å². The van der Waals surface area contributed by atoms with Crippen LogP contribution in [0, 0.1) is 5.92 Å². The van der Waals surface area contributed by atoms with Crippen molar-refractivity contribution in [3.63, 3.8) is 0 Å². The van der Waals surface area contributed by atoms with Gasteiger partial charge >= 0.3 is 0 Å². The lowest BCUT2D eigenvalue weighted by atomic mass is 9.99. The van der Waals surface area contributed by atoms with Crippen LogP contribution in [0.1, 0.15) is 25.7 Å². The van der Waals surface area contributed by atoms with Gasteiger partial charge in [-0.1, -0.05) is 6.42 Å². The van der Waals surface area contributed by atoms with Crippen LogP contribution in [0.2, 0.25) is 0 Å². The number of anilines is 1. The summed E-state index contributed by atoms with van der Waals surface area (Å²) < 4.78 is 0. The van der Waals surface area contributed by atoms with Crippen LogP contribution in [-0.2, 0) is 0 Å². The molecule has 1 aliphatic heterocycles. The first-order valence-electron chi connectivity index (χ1n) is 8.28. The molecule has 21 heavy (non-hydrogen) atoms. The van der Waals surface area contributed by atoms with Gasteiger partial charge in [0.25, 0.3) is 0 Å². The van der Waals surface area contributed by atoms with Crippen molar-refractivity contribution in [1.82, 2.24) is 20.2 Å². The average Bonchev–Trinajstić information content (AvgIpc) is 3.02. The quantitative estimate of drug-likeness (QED) is 0.887. The summed E-state index contributed by atoms with van der Waals surface area (Å²) in [5, 5.41) is 3.49. The first-order valence-corrected chi connectivity index (χ1v) is 8.28. The van der Waals surface area contributed by atoms with Crippen LogP contribution in [0.3, 0.4) is 0 Å². The fourth-order valence-electron chi connectivity index (χ4n) is 3.74. The van der Waals surface area contributed by atoms with E-state index in [1.165, 1.54) is 32.2 Å². The minimum Gasteiger partial charge on any atom is -0.338 e. The molecule has 0 spiro atoms. The monoisotopic (exact) mass is 289 g/mol. The predicted molar refractivity (Wildman–Crippen MR) is 85.5 cm³/mol. The second kappa shape index (κ2) is 7.18. The molecule has 0 amide bonds. The Bertz CT molecular complexity index is 416. The van der Waals surface area contributed by atoms with E-state index in [0.717, 1.165) is 44.1 Å². The molecule has 1 N–H and O–H groups in total. The van der Waals surface area contributed by atoms with Crippen LogP contribution in [0.15, 0.2) is 18.5 Å². The molecular formula is C16H27N5. The molecular weight excluding hydrogens is 262 g/mol. The number of hydrogen-bond acceptors (Lipinski definition) is 5. The zero-order chi connectivity index (χ0) is 14.5. The van der Waals surface area contributed by atoms with Crippen molar-refractivity contribution in [2.75, 3.05) is 44.7 Å². The Kier molecular flexibility index (Phi) is 5.04. The molecule has 5 nitrogen and oxygen atoms in total. The van der Waals surface area contributed by atoms with Gasteiger partial charge in [0.15, 0.2) is 0 Å². The maximum Gasteiger partial charge on any atom is 0.225 e. The normalized spacial score (nSPS) is 27.2. The molecule has 1 saturated carbocycles. The van der Waals surface area contributed by atoms with E-state index in [4.69, 9.17) is 0 Å². The van der Waals surface area contributed by atoms with Crippen LogP contribution in [0.25, 0.3) is 0 Å². The molecule has 3 rings (SSSR count). The predicted octanol–water partition coefficient (Wildman–Crippen LogP) is 1.38. The minimum atomic E-state index is 0.754. The standard InChI is InChI=1S/C16H27N5/c1-17-15-5-2-4-14(15)6-9-20-10-12-21(13-11-20)16-18-7-3-8-19-16/h3,7-8,14-15,17H,2,4-6,9-13H2,1H3. The summed E-state index contributed by atoms with van der Waals surface area (Å²) >= 11 is 0. The van der Waals surface area contributed by atoms with Gasteiger partial charge in [-0.15, -0.1) is 0 Å². The van der Waals surface area contributed by atoms with Gasteiger partial charge in [-0.3, -0.25) is 4.90 Å². The lowest BCUT2D eigenvalue weighted by Gasteiger charge is -2.35. The number of nitrogens with zero attached hydrogens (tertiary/aromatic N) is 4. The number of piperazine rings is 1. The highest BCUT2D eigenvalue weighted by atomic mass is 15.3. The fraction of sp³-hybridized carbons (Fsp3) is 0.750. The van der Waals surface area contributed by atoms with E-state index in [1.54, 1.807) is 0 Å². The Balaban J connectivity index is 1.42. The van der Waals surface area contributed by atoms with Crippen LogP contribution in [0.5, 0.6) is 0 Å². The number of nitrogens with one attached hydrogen (secondary N) is 1. The Morgan fingerprint density at radius 1 is 1.14 bits per heavy atom. The Labute approximate surface area is 127 Å². The zero-order valence-corrected chi connectivity index (χ0v) is 13.0. The number of rotatable bonds is 5. The van der Waals surface area contributed by atoms with Crippen molar-refractivity contribution in [2.45, 2.75) is 31.7 Å². The molecule has 1 saturated heterocycles. The van der Waals surface area contributed by atoms with Gasteiger partial charge in [-0.25, -0.2) is 9.97 Å².